The Kier molecular flexibility index (Phi) is 84.8. The number of pyridine rings is 1. The zero-order valence-electron chi connectivity index (χ0n) is 18.7. The van der Waals surface area contributed by atoms with E-state index in [1.807, 2.05) is 30.3 Å². The van der Waals surface area contributed by atoms with Gasteiger partial charge in [-0.05, 0) is 12.1 Å². The second-order valence-corrected chi connectivity index (χ2v) is 12.2. The minimum absolute atomic E-state index is 0. The molecule has 0 aliphatic carbocycles. The molecule has 0 bridgehead atoms. The predicted octanol–water partition coefficient (Wildman–Crippen LogP) is -2.29. The first kappa shape index (κ1) is 65.0. The first-order chi connectivity index (χ1) is 15.6. The van der Waals surface area contributed by atoms with Crippen molar-refractivity contribution in [2.75, 3.05) is 5.73 Å². The molecule has 0 amide bonds. The molecule has 27 heteroatoms. The number of nitrogens with two attached hydrogens (primary N) is 1. The van der Waals surface area contributed by atoms with Gasteiger partial charge in [-0.15, -0.1) is 84.9 Å². The van der Waals surface area contributed by atoms with Crippen LogP contribution in [0.5, 0.6) is 0 Å². The topological polar surface area (TPSA) is 316 Å². The number of nitrogens with zero attached hydrogens (tertiary/aromatic N) is 1. The number of rotatable bonds is 3. The third-order valence-electron chi connectivity index (χ3n) is 1.89. The molecule has 11 N–H and O–H groups in total. The van der Waals surface area contributed by atoms with E-state index in [-0.39, 0.29) is 91.5 Å². The van der Waals surface area contributed by atoms with E-state index < -0.39 is 105 Å². The molecule has 0 aliphatic heterocycles. The van der Waals surface area contributed by atoms with Crippen LogP contribution in [0.4, 0.5) is 5.69 Å². The third-order valence-corrected chi connectivity index (χ3v) is 2.89. The van der Waals surface area contributed by atoms with Crippen LogP contribution in [-0.4, -0.2) is 141 Å². The van der Waals surface area contributed by atoms with Crippen LogP contribution in [-0.2, 0) is 24.7 Å². The molecule has 5 radical (unpaired) electrons. The Morgan fingerprint density at radius 1 is 0.590 bits per heavy atom. The molecule has 1 aromatic heterocycles. The number of halogens is 5. The van der Waals surface area contributed by atoms with Gasteiger partial charge in [-0.25, -0.2) is 0 Å². The van der Waals surface area contributed by atoms with Crippen LogP contribution in [0, 0.1) is 0 Å². The molecule has 39 heavy (non-hydrogen) atoms. The minimum atomic E-state index is -3.70. The van der Waals surface area contributed by atoms with E-state index in [4.69, 9.17) is 48.3 Å². The van der Waals surface area contributed by atoms with Crippen molar-refractivity contribution < 1.29 is 48.6 Å². The van der Waals surface area contributed by atoms with E-state index >= 15 is 0 Å². The summed E-state index contributed by atoms with van der Waals surface area (Å²) in [6, 6.07) is 12.8. The molecule has 0 atom stereocenters. The monoisotopic (exact) mass is 1440 g/mol. The summed E-state index contributed by atoms with van der Waals surface area (Å²) in [4.78, 5) is 3.77. The Bertz CT molecular complexity index is 789. The van der Waals surface area contributed by atoms with Crippen molar-refractivity contribution in [3.8, 4) is 0 Å². The van der Waals surface area contributed by atoms with Gasteiger partial charge < -0.3 is 5.73 Å². The van der Waals surface area contributed by atoms with Gasteiger partial charge in [0.1, 0.15) is 0 Å². The molecule has 2 aromatic rings. The Morgan fingerprint density at radius 2 is 0.872 bits per heavy atom. The fraction of sp³-hybridized carbons (Fsp3) is 0.0833. The van der Waals surface area contributed by atoms with Crippen molar-refractivity contribution >= 4 is 196 Å². The summed E-state index contributed by atoms with van der Waals surface area (Å²) in [6.07, 6.45) is 3.32. The molecule has 1 aromatic carbocycles. The molecule has 0 spiro atoms. The number of hydrogen-bond donors (Lipinski definition) is 10. The summed E-state index contributed by atoms with van der Waals surface area (Å²) in [5, 5.41) is 0. The van der Waals surface area contributed by atoms with E-state index in [1.165, 1.54) is 0 Å². The average molecular weight is 1450 g/mol. The summed E-state index contributed by atoms with van der Waals surface area (Å²) < 4.78 is 116. The summed E-state index contributed by atoms with van der Waals surface area (Å²) in [6.45, 7) is 0.240. The van der Waals surface area contributed by atoms with Gasteiger partial charge in [-0.2, -0.15) is 0 Å². The van der Waals surface area contributed by atoms with Gasteiger partial charge in [-0.3, -0.25) is 4.98 Å². The molecular weight excluding hydrogens is 1420 g/mol. The number of aromatic nitrogens is 1. The third kappa shape index (κ3) is 108. The Balaban J connectivity index is -0.0000000409. The Hall–Kier alpha value is 3.26. The Morgan fingerprint density at radius 3 is 1.08 bits per heavy atom. The molecule has 1 heterocycles. The van der Waals surface area contributed by atoms with Crippen LogP contribution in [0.1, 0.15) is 5.56 Å². The van der Waals surface area contributed by atoms with Crippen molar-refractivity contribution in [2.45, 2.75) is 6.61 Å². The fourth-order valence-corrected chi connectivity index (χ4v) is 1.81. The molecule has 0 saturated carbocycles. The van der Waals surface area contributed by atoms with Gasteiger partial charge in [0, 0.05) is 18.1 Å². The van der Waals surface area contributed by atoms with Gasteiger partial charge in [-0.1, -0.05) is 0 Å². The van der Waals surface area contributed by atoms with Crippen LogP contribution >= 0.6 is 84.9 Å². The van der Waals surface area contributed by atoms with Gasteiger partial charge in [0.05, 0.1) is 0 Å². The van der Waals surface area contributed by atoms with E-state index in [2.05, 4.69) is 8.00 Å². The molecule has 0 unspecified atom stereocenters. The summed E-state index contributed by atoms with van der Waals surface area (Å²) in [7, 11) is 0. The molecule has 2 rings (SSSR count). The summed E-state index contributed by atoms with van der Waals surface area (Å²) >= 11 is -18.3. The fourth-order valence-electron chi connectivity index (χ4n) is 1.07. The van der Waals surface area contributed by atoms with Gasteiger partial charge in [0.2, 0.25) is 0 Å². The van der Waals surface area contributed by atoms with Crippen LogP contribution in [0.2, 0.25) is 0 Å². The SMILES string of the molecule is Br.Br.Br.Br.Br.Nc1ccncc1.[O]=[Sb]([OH])[OH].[O]=[Sb]([OH])[OH].[O]=[Sb]([OH])[OH].[O]=[Sb]([OH])[OH].[O]=[Sb]([OH])[O]Cc1ccccc1. The van der Waals surface area contributed by atoms with Crippen LogP contribution in [0.25, 0.3) is 0 Å². The van der Waals surface area contributed by atoms with Crippen molar-refractivity contribution in [2.24, 2.45) is 0 Å². The quantitative estimate of drug-likeness (QED) is 0.145. The van der Waals surface area contributed by atoms with Crippen molar-refractivity contribution in [1.82, 2.24) is 4.98 Å². The molecular formula is C12H27Br5N2O15Sb5. The zero-order chi connectivity index (χ0) is 27.5. The normalized spacial score (nSPS) is 6.90. The van der Waals surface area contributed by atoms with Crippen LogP contribution in [0.15, 0.2) is 54.9 Å². The van der Waals surface area contributed by atoms with Crippen molar-refractivity contribution in [3.63, 3.8) is 0 Å². The summed E-state index contributed by atoms with van der Waals surface area (Å²) in [5.74, 6) is 0. The zero-order valence-corrected chi connectivity index (χ0v) is 40.0. The molecule has 17 nitrogen and oxygen atoms in total. The van der Waals surface area contributed by atoms with Gasteiger partial charge in [0.25, 0.3) is 0 Å². The molecule has 0 aliphatic rings. The van der Waals surface area contributed by atoms with E-state index in [9.17, 15) is 3.02 Å². The maximum absolute atomic E-state index is 10.2. The molecule has 235 valence electrons. The van der Waals surface area contributed by atoms with Gasteiger partial charge in [0.15, 0.2) is 0 Å². The number of hydrogen-bond acceptors (Lipinski definition) is 8. The van der Waals surface area contributed by atoms with Crippen molar-refractivity contribution in [3.05, 3.63) is 60.4 Å². The summed E-state index contributed by atoms with van der Waals surface area (Å²) in [5.41, 5.74) is 7.00. The number of anilines is 1. The molecule has 0 fully saturated rings. The van der Waals surface area contributed by atoms with E-state index in [0.717, 1.165) is 11.3 Å². The van der Waals surface area contributed by atoms with Crippen molar-refractivity contribution in [1.29, 1.82) is 0 Å². The first-order valence-electron chi connectivity index (χ1n) is 7.50. The average Bonchev–Trinajstić information content (AvgIpc) is 2.67. The predicted molar refractivity (Wildman–Crippen MR) is 164 cm³/mol. The number of nitrogen functional groups attached to an aromatic ring is 1. The second kappa shape index (κ2) is 50.9. The second-order valence-electron chi connectivity index (χ2n) is 4.29. The molecule has 0 saturated heterocycles. The maximum atomic E-state index is 10.2. The number of benzene rings is 1. The van der Waals surface area contributed by atoms with Crippen LogP contribution in [0.3, 0.4) is 0 Å². The van der Waals surface area contributed by atoms with E-state index in [1.54, 1.807) is 24.5 Å². The van der Waals surface area contributed by atoms with Crippen LogP contribution < -0.4 is 5.73 Å². The first-order valence-corrected chi connectivity index (χ1v) is 24.0. The van der Waals surface area contributed by atoms with E-state index in [0.29, 0.717) is 0 Å². The standard InChI is InChI=1S/C7H7O.C5H6N2.5BrH.9H2O.5O.5Sb/c8-6-7-4-2-1-3-5-7;6-5-1-3-7-4-2-5;;;;;;;;;;;;;;;;;;;;;;;;/h1-5H,6H2;1-4H,(H2,6,7);5*1H;9*1H2;;;;;;;;;;/q-1;;;;;;;;;;;;;;;;;;;;;5*+2/p-9. The van der Waals surface area contributed by atoms with Gasteiger partial charge >= 0.3 is 196 Å². The Labute approximate surface area is 316 Å².